The highest BCUT2D eigenvalue weighted by Gasteiger charge is 2.38. The summed E-state index contributed by atoms with van der Waals surface area (Å²) in [6.45, 7) is 1.54. The summed E-state index contributed by atoms with van der Waals surface area (Å²) in [7, 11) is 0. The van der Waals surface area contributed by atoms with E-state index in [1.54, 1.807) is 6.92 Å². The van der Waals surface area contributed by atoms with Crippen LogP contribution in [0.15, 0.2) is 0 Å². The van der Waals surface area contributed by atoms with Crippen LogP contribution in [0.5, 0.6) is 0 Å². The summed E-state index contributed by atoms with van der Waals surface area (Å²) in [6, 6.07) is 0. The highest BCUT2D eigenvalue weighted by molar-refractivity contribution is 5.66. The highest BCUT2D eigenvalue weighted by atomic mass is 19.4. The number of aliphatic carboxylic acids is 1. The summed E-state index contributed by atoms with van der Waals surface area (Å²) in [6.07, 6.45) is -4.41. The first kappa shape index (κ1) is 13.4. The zero-order chi connectivity index (χ0) is 13.1. The molecule has 0 aliphatic carbocycles. The highest BCUT2D eigenvalue weighted by Crippen LogP contribution is 2.27. The minimum absolute atomic E-state index is 0.162. The van der Waals surface area contributed by atoms with Gasteiger partial charge in [-0.25, -0.2) is 4.68 Å². The molecule has 1 aromatic rings. The summed E-state index contributed by atoms with van der Waals surface area (Å²) >= 11 is 0. The predicted octanol–water partition coefficient (Wildman–Crippen LogP) is 1.19. The van der Waals surface area contributed by atoms with Crippen molar-refractivity contribution in [2.45, 2.75) is 32.5 Å². The maximum atomic E-state index is 12.4. The Balaban J connectivity index is 2.80. The van der Waals surface area contributed by atoms with Gasteiger partial charge in [-0.05, 0) is 16.3 Å². The van der Waals surface area contributed by atoms with Crippen molar-refractivity contribution in [3.8, 4) is 0 Å². The molecule has 0 aliphatic heterocycles. The Morgan fingerprint density at radius 3 is 2.65 bits per heavy atom. The van der Waals surface area contributed by atoms with E-state index in [4.69, 9.17) is 5.11 Å². The van der Waals surface area contributed by atoms with Crippen LogP contribution >= 0.6 is 0 Å². The van der Waals surface area contributed by atoms with E-state index in [1.807, 2.05) is 0 Å². The van der Waals surface area contributed by atoms with Gasteiger partial charge in [0.2, 0.25) is 0 Å². The van der Waals surface area contributed by atoms with Gasteiger partial charge in [-0.1, -0.05) is 13.3 Å². The molecule has 0 spiro atoms. The zero-order valence-corrected chi connectivity index (χ0v) is 8.98. The average molecular weight is 252 g/mol. The summed E-state index contributed by atoms with van der Waals surface area (Å²) in [5.74, 6) is -2.70. The second-order valence-electron chi connectivity index (χ2n) is 3.55. The van der Waals surface area contributed by atoms with E-state index in [0.717, 1.165) is 0 Å². The molecule has 1 N–H and O–H groups in total. The Bertz CT molecular complexity index is 390. The molecular weight excluding hydrogens is 241 g/mol. The standard InChI is InChI=1S/C8H11F3N4O2/c1-2-5(3-6(16)17)4-15-7(8(9,10)11)12-13-14-15/h5H,2-4H2,1H3,(H,16,17). The molecule has 17 heavy (non-hydrogen) atoms. The quantitative estimate of drug-likeness (QED) is 0.851. The summed E-state index contributed by atoms with van der Waals surface area (Å²) in [5.41, 5.74) is 0. The normalized spacial score (nSPS) is 13.6. The summed E-state index contributed by atoms with van der Waals surface area (Å²) in [4.78, 5) is 10.5. The van der Waals surface area contributed by atoms with Gasteiger partial charge in [-0.2, -0.15) is 13.2 Å². The van der Waals surface area contributed by atoms with E-state index >= 15 is 0 Å². The predicted molar refractivity (Wildman–Crippen MR) is 48.9 cm³/mol. The third kappa shape index (κ3) is 3.68. The number of hydrogen-bond donors (Lipinski definition) is 1. The molecule has 0 aliphatic rings. The molecule has 0 fully saturated rings. The number of carboxylic acids is 1. The van der Waals surface area contributed by atoms with Crippen molar-refractivity contribution in [1.82, 2.24) is 20.2 Å². The molecule has 0 saturated carbocycles. The lowest BCUT2D eigenvalue weighted by atomic mass is 10.0. The van der Waals surface area contributed by atoms with Crippen molar-refractivity contribution in [2.75, 3.05) is 0 Å². The molecule has 0 saturated heterocycles. The zero-order valence-electron chi connectivity index (χ0n) is 8.98. The molecule has 1 heterocycles. The van der Waals surface area contributed by atoms with E-state index in [-0.39, 0.29) is 13.0 Å². The van der Waals surface area contributed by atoms with Gasteiger partial charge in [0.05, 0.1) is 0 Å². The molecule has 6 nitrogen and oxygen atoms in total. The van der Waals surface area contributed by atoms with Gasteiger partial charge >= 0.3 is 12.1 Å². The van der Waals surface area contributed by atoms with Crippen LogP contribution in [0.1, 0.15) is 25.6 Å². The van der Waals surface area contributed by atoms with E-state index in [2.05, 4.69) is 15.5 Å². The summed E-state index contributed by atoms with van der Waals surface area (Å²) in [5, 5.41) is 17.6. The lowest BCUT2D eigenvalue weighted by Gasteiger charge is -2.13. The molecule has 0 aromatic carbocycles. The molecule has 96 valence electrons. The van der Waals surface area contributed by atoms with Crippen molar-refractivity contribution in [2.24, 2.45) is 5.92 Å². The fourth-order valence-electron chi connectivity index (χ4n) is 1.36. The van der Waals surface area contributed by atoms with Gasteiger partial charge < -0.3 is 5.11 Å². The van der Waals surface area contributed by atoms with Gasteiger partial charge in [-0.15, -0.1) is 5.10 Å². The van der Waals surface area contributed by atoms with Crippen LogP contribution in [-0.2, 0) is 17.5 Å². The third-order valence-corrected chi connectivity index (χ3v) is 2.26. The minimum Gasteiger partial charge on any atom is -0.481 e. The Morgan fingerprint density at radius 2 is 2.18 bits per heavy atom. The van der Waals surface area contributed by atoms with Crippen molar-refractivity contribution in [3.05, 3.63) is 5.82 Å². The molecule has 1 aromatic heterocycles. The van der Waals surface area contributed by atoms with Crippen LogP contribution in [0.25, 0.3) is 0 Å². The third-order valence-electron chi connectivity index (χ3n) is 2.26. The van der Waals surface area contributed by atoms with Crippen LogP contribution in [0.2, 0.25) is 0 Å². The minimum atomic E-state index is -4.63. The van der Waals surface area contributed by atoms with Crippen molar-refractivity contribution < 1.29 is 23.1 Å². The number of aromatic nitrogens is 4. The topological polar surface area (TPSA) is 80.9 Å². The number of tetrazole rings is 1. The number of carbonyl (C=O) groups is 1. The lowest BCUT2D eigenvalue weighted by molar-refractivity contribution is -0.148. The van der Waals surface area contributed by atoms with E-state index in [0.29, 0.717) is 11.1 Å². The SMILES string of the molecule is CCC(CC(=O)O)Cn1nnnc1C(F)(F)F. The van der Waals surface area contributed by atoms with Gasteiger partial charge in [0.15, 0.2) is 0 Å². The van der Waals surface area contributed by atoms with E-state index < -0.39 is 23.9 Å². The number of carboxylic acid groups (broad SMARTS) is 1. The monoisotopic (exact) mass is 252 g/mol. The smallest absolute Gasteiger partial charge is 0.453 e. The Morgan fingerprint density at radius 1 is 1.53 bits per heavy atom. The van der Waals surface area contributed by atoms with Crippen LogP contribution in [0, 0.1) is 5.92 Å². The second kappa shape index (κ2) is 5.11. The number of alkyl halides is 3. The fourth-order valence-corrected chi connectivity index (χ4v) is 1.36. The first-order valence-electron chi connectivity index (χ1n) is 4.89. The molecule has 0 bridgehead atoms. The molecular formula is C8H11F3N4O2. The van der Waals surface area contributed by atoms with E-state index in [1.165, 1.54) is 0 Å². The Hall–Kier alpha value is -1.67. The van der Waals surface area contributed by atoms with Gasteiger partial charge in [0.25, 0.3) is 5.82 Å². The molecule has 1 atom stereocenters. The molecule has 9 heteroatoms. The number of nitrogens with zero attached hydrogens (tertiary/aromatic N) is 4. The van der Waals surface area contributed by atoms with Gasteiger partial charge in [0.1, 0.15) is 0 Å². The van der Waals surface area contributed by atoms with Gasteiger partial charge in [0, 0.05) is 13.0 Å². The second-order valence-corrected chi connectivity index (χ2v) is 3.55. The fraction of sp³-hybridized carbons (Fsp3) is 0.750. The van der Waals surface area contributed by atoms with Gasteiger partial charge in [-0.3, -0.25) is 4.79 Å². The average Bonchev–Trinajstić information content (AvgIpc) is 2.63. The Labute approximate surface area is 94.4 Å². The first-order chi connectivity index (χ1) is 7.84. The van der Waals surface area contributed by atoms with Crippen LogP contribution in [0.3, 0.4) is 0 Å². The summed E-state index contributed by atoms with van der Waals surface area (Å²) < 4.78 is 37.9. The molecule has 0 amide bonds. The van der Waals surface area contributed by atoms with E-state index in [9.17, 15) is 18.0 Å². The maximum Gasteiger partial charge on any atom is 0.453 e. The van der Waals surface area contributed by atoms with Crippen molar-refractivity contribution >= 4 is 5.97 Å². The Kier molecular flexibility index (Phi) is 4.02. The van der Waals surface area contributed by atoms with Crippen LogP contribution < -0.4 is 0 Å². The lowest BCUT2D eigenvalue weighted by Crippen LogP contribution is -2.21. The van der Waals surface area contributed by atoms with Crippen LogP contribution in [0.4, 0.5) is 13.2 Å². The molecule has 1 unspecified atom stereocenters. The van der Waals surface area contributed by atoms with Crippen molar-refractivity contribution in [3.63, 3.8) is 0 Å². The number of hydrogen-bond acceptors (Lipinski definition) is 4. The molecule has 0 radical (unpaired) electrons. The van der Waals surface area contributed by atoms with Crippen LogP contribution in [-0.4, -0.2) is 31.3 Å². The molecule has 1 rings (SSSR count). The first-order valence-corrected chi connectivity index (χ1v) is 4.89. The number of halogens is 3. The maximum absolute atomic E-state index is 12.4. The number of rotatable bonds is 5. The van der Waals surface area contributed by atoms with Crippen molar-refractivity contribution in [1.29, 1.82) is 0 Å². The largest absolute Gasteiger partial charge is 0.481 e.